The van der Waals surface area contributed by atoms with Crippen LogP contribution in [0.3, 0.4) is 0 Å². The molecule has 0 aromatic heterocycles. The minimum atomic E-state index is -0.430. The molecule has 1 aliphatic rings. The van der Waals surface area contributed by atoms with Crippen LogP contribution in [0.5, 0.6) is 0 Å². The molecule has 2 rings (SSSR count). The number of azo groups is 1. The van der Waals surface area contributed by atoms with E-state index in [1.807, 2.05) is 6.07 Å². The maximum Gasteiger partial charge on any atom is 0.296 e. The first kappa shape index (κ1) is 19.8. The normalized spacial score (nSPS) is 13.3. The fraction of sp³-hybridized carbons (Fsp3) is 0.600. The van der Waals surface area contributed by atoms with Crippen molar-refractivity contribution >= 4 is 23.6 Å². The number of fused-ring (bicyclic) bond motifs is 1. The van der Waals surface area contributed by atoms with E-state index < -0.39 is 11.8 Å². The van der Waals surface area contributed by atoms with Crippen LogP contribution in [0.1, 0.15) is 91.8 Å². The number of hydrogen-bond donors (Lipinski definition) is 0. The Balaban J connectivity index is 1.58. The maximum absolute atomic E-state index is 11.7. The summed E-state index contributed by atoms with van der Waals surface area (Å²) >= 11 is 1.74. The van der Waals surface area contributed by atoms with E-state index in [1.165, 1.54) is 64.2 Å². The zero-order valence-corrected chi connectivity index (χ0v) is 15.9. The molecule has 0 bridgehead atoms. The third kappa shape index (κ3) is 6.73. The van der Waals surface area contributed by atoms with Gasteiger partial charge < -0.3 is 0 Å². The van der Waals surface area contributed by atoms with Gasteiger partial charge in [0.05, 0.1) is 11.1 Å². The van der Waals surface area contributed by atoms with Crippen molar-refractivity contribution in [1.82, 2.24) is 0 Å². The molecule has 136 valence electrons. The number of rotatable bonds is 12. The van der Waals surface area contributed by atoms with E-state index in [0.29, 0.717) is 11.1 Å². The molecule has 0 saturated heterocycles. The first-order valence-corrected chi connectivity index (χ1v) is 10.5. The molecule has 0 saturated carbocycles. The molecule has 0 aliphatic carbocycles. The van der Waals surface area contributed by atoms with E-state index in [2.05, 4.69) is 17.2 Å². The van der Waals surface area contributed by atoms with Crippen molar-refractivity contribution in [1.29, 1.82) is 0 Å². The molecular weight excluding hydrogens is 332 g/mol. The Morgan fingerprint density at radius 3 is 1.96 bits per heavy atom. The van der Waals surface area contributed by atoms with Gasteiger partial charge in [0.25, 0.3) is 11.8 Å². The van der Waals surface area contributed by atoms with Crippen molar-refractivity contribution < 1.29 is 9.59 Å². The number of carbonyl (C=O) groups is 2. The quantitative estimate of drug-likeness (QED) is 0.318. The number of hydrogen-bond acceptors (Lipinski definition) is 3. The van der Waals surface area contributed by atoms with Crippen LogP contribution in [0.2, 0.25) is 0 Å². The largest absolute Gasteiger partial charge is 0.296 e. The molecule has 1 aromatic rings. The van der Waals surface area contributed by atoms with Crippen LogP contribution in [0.25, 0.3) is 0 Å². The fourth-order valence-corrected chi connectivity index (χ4v) is 3.90. The predicted octanol–water partition coefficient (Wildman–Crippen LogP) is 6.45. The van der Waals surface area contributed by atoms with Gasteiger partial charge in [-0.05, 0) is 30.4 Å². The zero-order valence-electron chi connectivity index (χ0n) is 15.1. The van der Waals surface area contributed by atoms with Crippen LogP contribution in [-0.2, 0) is 0 Å². The number of thioether (sulfide) groups is 1. The Labute approximate surface area is 154 Å². The Hall–Kier alpha value is -1.49. The Morgan fingerprint density at radius 1 is 0.760 bits per heavy atom. The van der Waals surface area contributed by atoms with Crippen molar-refractivity contribution in [2.75, 3.05) is 5.75 Å². The summed E-state index contributed by atoms with van der Waals surface area (Å²) < 4.78 is 0. The van der Waals surface area contributed by atoms with Crippen LogP contribution in [0, 0.1) is 0 Å². The number of carbonyl (C=O) groups excluding carboxylic acids is 2. The van der Waals surface area contributed by atoms with Gasteiger partial charge in [-0.2, -0.15) is 0 Å². The highest BCUT2D eigenvalue weighted by Crippen LogP contribution is 2.26. The second-order valence-electron chi connectivity index (χ2n) is 6.55. The Kier molecular flexibility index (Phi) is 8.87. The molecule has 0 radical (unpaired) electrons. The molecule has 1 aromatic carbocycles. The summed E-state index contributed by atoms with van der Waals surface area (Å²) in [6.07, 6.45) is 13.3. The fourth-order valence-electron chi connectivity index (χ4n) is 2.95. The van der Waals surface area contributed by atoms with Gasteiger partial charge in [0.15, 0.2) is 0 Å². The van der Waals surface area contributed by atoms with Crippen molar-refractivity contribution in [3.63, 3.8) is 0 Å². The summed E-state index contributed by atoms with van der Waals surface area (Å²) in [5, 5.41) is 6.73. The topological polar surface area (TPSA) is 58.9 Å². The third-order valence-corrected chi connectivity index (χ3v) is 5.53. The monoisotopic (exact) mass is 360 g/mol. The van der Waals surface area contributed by atoms with Crippen molar-refractivity contribution in [2.24, 2.45) is 10.2 Å². The molecule has 5 heteroatoms. The van der Waals surface area contributed by atoms with Crippen LogP contribution in [0.15, 0.2) is 33.3 Å². The lowest BCUT2D eigenvalue weighted by Crippen LogP contribution is -2.10. The molecule has 0 unspecified atom stereocenters. The van der Waals surface area contributed by atoms with Crippen molar-refractivity contribution in [3.05, 3.63) is 29.3 Å². The van der Waals surface area contributed by atoms with Crippen LogP contribution >= 0.6 is 11.8 Å². The second kappa shape index (κ2) is 11.2. The lowest BCUT2D eigenvalue weighted by Gasteiger charge is -2.09. The zero-order chi connectivity index (χ0) is 17.9. The van der Waals surface area contributed by atoms with Crippen molar-refractivity contribution in [3.8, 4) is 0 Å². The molecule has 25 heavy (non-hydrogen) atoms. The minimum absolute atomic E-state index is 0.364. The van der Waals surface area contributed by atoms with E-state index in [0.717, 1.165) is 10.6 Å². The summed E-state index contributed by atoms with van der Waals surface area (Å²) in [4.78, 5) is 24.3. The third-order valence-electron chi connectivity index (χ3n) is 4.45. The molecule has 1 aliphatic heterocycles. The van der Waals surface area contributed by atoms with Crippen LogP contribution in [-0.4, -0.2) is 17.6 Å². The van der Waals surface area contributed by atoms with Gasteiger partial charge in [-0.25, -0.2) is 0 Å². The van der Waals surface area contributed by atoms with Gasteiger partial charge in [-0.1, -0.05) is 64.7 Å². The predicted molar refractivity (Wildman–Crippen MR) is 103 cm³/mol. The summed E-state index contributed by atoms with van der Waals surface area (Å²) in [7, 11) is 0. The summed E-state index contributed by atoms with van der Waals surface area (Å²) in [5.74, 6) is 0.190. The maximum atomic E-state index is 11.7. The average Bonchev–Trinajstić information content (AvgIpc) is 2.63. The summed E-state index contributed by atoms with van der Waals surface area (Å²) in [6.45, 7) is 2.25. The van der Waals surface area contributed by atoms with Gasteiger partial charge in [-0.3, -0.25) is 9.59 Å². The van der Waals surface area contributed by atoms with Gasteiger partial charge in [0.2, 0.25) is 0 Å². The minimum Gasteiger partial charge on any atom is -0.265 e. The number of amides is 2. The Bertz CT molecular complexity index is 614. The smallest absolute Gasteiger partial charge is 0.265 e. The van der Waals surface area contributed by atoms with Crippen LogP contribution < -0.4 is 0 Å². The highest BCUT2D eigenvalue weighted by Gasteiger charge is 2.21. The highest BCUT2D eigenvalue weighted by atomic mass is 32.2. The first-order chi connectivity index (χ1) is 12.2. The van der Waals surface area contributed by atoms with E-state index in [-0.39, 0.29) is 0 Å². The standard InChI is InChI=1S/C20H28N2O2S/c1-2-3-4-5-6-7-8-9-10-11-14-25-16-12-13-17-18(15-16)20(24)22-21-19(17)23/h12-13,15H,2-11,14H2,1H3. The van der Waals surface area contributed by atoms with E-state index in [4.69, 9.17) is 0 Å². The molecule has 1 heterocycles. The van der Waals surface area contributed by atoms with Gasteiger partial charge >= 0.3 is 0 Å². The van der Waals surface area contributed by atoms with E-state index in [1.54, 1.807) is 23.9 Å². The molecule has 0 fully saturated rings. The van der Waals surface area contributed by atoms with Crippen molar-refractivity contribution in [2.45, 2.75) is 76.0 Å². The van der Waals surface area contributed by atoms with Gasteiger partial charge in [0.1, 0.15) is 0 Å². The van der Waals surface area contributed by atoms with E-state index in [9.17, 15) is 9.59 Å². The van der Waals surface area contributed by atoms with E-state index >= 15 is 0 Å². The second-order valence-corrected chi connectivity index (χ2v) is 7.72. The summed E-state index contributed by atoms with van der Waals surface area (Å²) in [6, 6.07) is 5.36. The molecule has 0 atom stereocenters. The molecule has 0 N–H and O–H groups in total. The van der Waals surface area contributed by atoms with Crippen LogP contribution in [0.4, 0.5) is 0 Å². The number of nitrogens with zero attached hydrogens (tertiary/aromatic N) is 2. The lowest BCUT2D eigenvalue weighted by molar-refractivity contribution is 0.0920. The SMILES string of the molecule is CCCCCCCCCCCCSc1ccc2c(c1)C(=O)N=NC2=O. The Morgan fingerprint density at radius 2 is 1.32 bits per heavy atom. The first-order valence-electron chi connectivity index (χ1n) is 9.49. The molecule has 4 nitrogen and oxygen atoms in total. The van der Waals surface area contributed by atoms with Gasteiger partial charge in [-0.15, -0.1) is 22.0 Å². The number of unbranched alkanes of at least 4 members (excludes halogenated alkanes) is 9. The average molecular weight is 361 g/mol. The molecular formula is C20H28N2O2S. The summed E-state index contributed by atoms with van der Waals surface area (Å²) in [5.41, 5.74) is 0.747. The molecule has 2 amide bonds. The van der Waals surface area contributed by atoms with Gasteiger partial charge in [0, 0.05) is 4.90 Å². The molecule has 0 spiro atoms. The lowest BCUT2D eigenvalue weighted by atomic mass is 10.1. The highest BCUT2D eigenvalue weighted by molar-refractivity contribution is 7.99. The number of benzene rings is 1.